The third kappa shape index (κ3) is 4.64. The molecule has 1 atom stereocenters. The predicted molar refractivity (Wildman–Crippen MR) is 82.0 cm³/mol. The third-order valence-corrected chi connectivity index (χ3v) is 3.40. The molecule has 0 aliphatic rings. The molecule has 3 heteroatoms. The van der Waals surface area contributed by atoms with Gasteiger partial charge in [-0.3, -0.25) is 0 Å². The highest BCUT2D eigenvalue weighted by Gasteiger charge is 2.10. The largest absolute Gasteiger partial charge is 0.324 e. The smallest absolute Gasteiger partial charge is 0.126 e. The minimum atomic E-state index is -0.564. The molecule has 0 bridgehead atoms. The van der Waals surface area contributed by atoms with Crippen LogP contribution in [0.4, 0.5) is 8.78 Å². The lowest BCUT2D eigenvalue weighted by atomic mass is 9.95. The van der Waals surface area contributed by atoms with E-state index < -0.39 is 11.6 Å². The molecule has 0 heterocycles. The maximum absolute atomic E-state index is 13.2. The van der Waals surface area contributed by atoms with Crippen LogP contribution in [-0.4, -0.2) is 0 Å². The summed E-state index contributed by atoms with van der Waals surface area (Å²) in [4.78, 5) is 0. The van der Waals surface area contributed by atoms with Gasteiger partial charge < -0.3 is 5.73 Å². The van der Waals surface area contributed by atoms with Gasteiger partial charge in [-0.2, -0.15) is 0 Å². The first-order valence-corrected chi connectivity index (χ1v) is 7.23. The molecule has 0 saturated heterocycles. The van der Waals surface area contributed by atoms with E-state index >= 15 is 0 Å². The van der Waals surface area contributed by atoms with Gasteiger partial charge in [0, 0.05) is 12.1 Å². The summed E-state index contributed by atoms with van der Waals surface area (Å²) in [7, 11) is 0. The third-order valence-electron chi connectivity index (χ3n) is 3.40. The van der Waals surface area contributed by atoms with Crippen LogP contribution in [0.25, 0.3) is 0 Å². The van der Waals surface area contributed by atoms with E-state index in [1.165, 1.54) is 17.7 Å². The second-order valence-electron chi connectivity index (χ2n) is 5.93. The van der Waals surface area contributed by atoms with Crippen LogP contribution >= 0.6 is 0 Å². The first-order valence-electron chi connectivity index (χ1n) is 7.23. The van der Waals surface area contributed by atoms with E-state index in [9.17, 15) is 8.78 Å². The number of hydrogen-bond acceptors (Lipinski definition) is 1. The van der Waals surface area contributed by atoms with Crippen molar-refractivity contribution in [3.8, 4) is 0 Å². The summed E-state index contributed by atoms with van der Waals surface area (Å²) < 4.78 is 26.4. The Kier molecular flexibility index (Phi) is 5.07. The van der Waals surface area contributed by atoms with Crippen molar-refractivity contribution in [2.45, 2.75) is 32.7 Å². The second-order valence-corrected chi connectivity index (χ2v) is 5.93. The summed E-state index contributed by atoms with van der Waals surface area (Å²) in [6, 6.07) is 11.4. The van der Waals surface area contributed by atoms with Gasteiger partial charge in [0.25, 0.3) is 0 Å². The molecular formula is C18H21F2N. The fourth-order valence-electron chi connectivity index (χ4n) is 2.52. The van der Waals surface area contributed by atoms with Crippen molar-refractivity contribution in [3.63, 3.8) is 0 Å². The Hall–Kier alpha value is -1.74. The molecule has 1 unspecified atom stereocenters. The van der Waals surface area contributed by atoms with E-state index in [4.69, 9.17) is 5.73 Å². The Morgan fingerprint density at radius 3 is 2.19 bits per heavy atom. The van der Waals surface area contributed by atoms with Gasteiger partial charge >= 0.3 is 0 Å². The first kappa shape index (κ1) is 15.6. The van der Waals surface area contributed by atoms with Gasteiger partial charge in [0.15, 0.2) is 0 Å². The van der Waals surface area contributed by atoms with Crippen molar-refractivity contribution in [3.05, 3.63) is 70.8 Å². The van der Waals surface area contributed by atoms with E-state index in [0.717, 1.165) is 18.1 Å². The average molecular weight is 289 g/mol. The minimum Gasteiger partial charge on any atom is -0.324 e. The van der Waals surface area contributed by atoms with Crippen molar-refractivity contribution in [1.82, 2.24) is 0 Å². The molecule has 0 amide bonds. The van der Waals surface area contributed by atoms with Gasteiger partial charge in [-0.15, -0.1) is 0 Å². The molecule has 0 radical (unpaired) electrons. The molecule has 21 heavy (non-hydrogen) atoms. The normalized spacial score (nSPS) is 12.7. The second kappa shape index (κ2) is 6.81. The Balaban J connectivity index is 2.14. The number of rotatable bonds is 5. The summed E-state index contributed by atoms with van der Waals surface area (Å²) in [6.07, 6.45) is 1.41. The van der Waals surface area contributed by atoms with Gasteiger partial charge in [0.1, 0.15) is 11.6 Å². The molecule has 0 fully saturated rings. The monoisotopic (exact) mass is 289 g/mol. The summed E-state index contributed by atoms with van der Waals surface area (Å²) in [6.45, 7) is 4.34. The average Bonchev–Trinajstić information content (AvgIpc) is 2.36. The minimum absolute atomic E-state index is 0.265. The zero-order valence-electron chi connectivity index (χ0n) is 12.4. The number of benzene rings is 2. The van der Waals surface area contributed by atoms with Crippen LogP contribution in [0.15, 0.2) is 42.5 Å². The highest BCUT2D eigenvalue weighted by molar-refractivity contribution is 5.28. The van der Waals surface area contributed by atoms with E-state index in [2.05, 4.69) is 26.0 Å². The molecule has 2 aromatic rings. The van der Waals surface area contributed by atoms with Crippen molar-refractivity contribution in [1.29, 1.82) is 0 Å². The van der Waals surface area contributed by atoms with E-state index in [-0.39, 0.29) is 6.04 Å². The predicted octanol–water partition coefficient (Wildman–Crippen LogP) is 4.41. The Labute approximate surface area is 124 Å². The SMILES string of the molecule is CC(C)Cc1cccc(C(N)Cc2cc(F)cc(F)c2)c1. The van der Waals surface area contributed by atoms with E-state index in [0.29, 0.717) is 17.9 Å². The Bertz CT molecular complexity index is 588. The zero-order chi connectivity index (χ0) is 15.4. The summed E-state index contributed by atoms with van der Waals surface area (Å²) in [5, 5.41) is 0. The van der Waals surface area contributed by atoms with Gasteiger partial charge in [0.2, 0.25) is 0 Å². The molecule has 1 nitrogen and oxygen atoms in total. The quantitative estimate of drug-likeness (QED) is 0.867. The van der Waals surface area contributed by atoms with Crippen LogP contribution in [0.1, 0.15) is 36.6 Å². The van der Waals surface area contributed by atoms with Gasteiger partial charge in [-0.25, -0.2) is 8.78 Å². The topological polar surface area (TPSA) is 26.0 Å². The molecule has 0 aliphatic heterocycles. The van der Waals surface area contributed by atoms with Crippen LogP contribution in [-0.2, 0) is 12.8 Å². The highest BCUT2D eigenvalue weighted by atomic mass is 19.1. The molecule has 2 aromatic carbocycles. The highest BCUT2D eigenvalue weighted by Crippen LogP contribution is 2.20. The van der Waals surface area contributed by atoms with Gasteiger partial charge in [0.05, 0.1) is 0 Å². The number of nitrogens with two attached hydrogens (primary N) is 1. The maximum atomic E-state index is 13.2. The lowest BCUT2D eigenvalue weighted by Crippen LogP contribution is -2.14. The fourth-order valence-corrected chi connectivity index (χ4v) is 2.52. The fraction of sp³-hybridized carbons (Fsp3) is 0.333. The summed E-state index contributed by atoms with van der Waals surface area (Å²) in [5.41, 5.74) is 9.00. The molecule has 2 rings (SSSR count). The molecule has 0 aromatic heterocycles. The lowest BCUT2D eigenvalue weighted by molar-refractivity contribution is 0.576. The molecule has 0 spiro atoms. The Morgan fingerprint density at radius 2 is 1.57 bits per heavy atom. The van der Waals surface area contributed by atoms with Gasteiger partial charge in [-0.05, 0) is 47.6 Å². The number of halogens is 2. The van der Waals surface area contributed by atoms with Crippen LogP contribution in [0.3, 0.4) is 0 Å². The van der Waals surface area contributed by atoms with Crippen molar-refractivity contribution in [2.75, 3.05) is 0 Å². The lowest BCUT2D eigenvalue weighted by Gasteiger charge is -2.14. The number of hydrogen-bond donors (Lipinski definition) is 1. The summed E-state index contributed by atoms with van der Waals surface area (Å²) in [5.74, 6) is -0.551. The molecular weight excluding hydrogens is 268 g/mol. The van der Waals surface area contributed by atoms with Gasteiger partial charge in [-0.1, -0.05) is 38.1 Å². The Morgan fingerprint density at radius 1 is 0.905 bits per heavy atom. The van der Waals surface area contributed by atoms with Crippen molar-refractivity contribution >= 4 is 0 Å². The summed E-state index contributed by atoms with van der Waals surface area (Å²) >= 11 is 0. The van der Waals surface area contributed by atoms with Crippen LogP contribution in [0.5, 0.6) is 0 Å². The molecule has 0 saturated carbocycles. The van der Waals surface area contributed by atoms with Crippen LogP contribution in [0.2, 0.25) is 0 Å². The van der Waals surface area contributed by atoms with E-state index in [1.807, 2.05) is 12.1 Å². The molecule has 0 aliphatic carbocycles. The van der Waals surface area contributed by atoms with Crippen molar-refractivity contribution < 1.29 is 8.78 Å². The van der Waals surface area contributed by atoms with Crippen LogP contribution < -0.4 is 5.73 Å². The maximum Gasteiger partial charge on any atom is 0.126 e. The molecule has 112 valence electrons. The standard InChI is InChI=1S/C18H21F2N/c1-12(2)6-13-4-3-5-15(7-13)18(21)10-14-8-16(19)11-17(20)9-14/h3-5,7-9,11-12,18H,6,10,21H2,1-2H3. The van der Waals surface area contributed by atoms with Crippen molar-refractivity contribution in [2.24, 2.45) is 11.7 Å². The van der Waals surface area contributed by atoms with Crippen LogP contribution in [0, 0.1) is 17.6 Å². The first-order chi connectivity index (χ1) is 9.94. The molecule has 2 N–H and O–H groups in total. The van der Waals surface area contributed by atoms with E-state index in [1.54, 1.807) is 0 Å². The zero-order valence-corrected chi connectivity index (χ0v) is 12.4.